The van der Waals surface area contributed by atoms with Crippen LogP contribution in [-0.2, 0) is 7.05 Å². The fourth-order valence-electron chi connectivity index (χ4n) is 5.73. The summed E-state index contributed by atoms with van der Waals surface area (Å²) < 4.78 is 16.2. The van der Waals surface area contributed by atoms with Crippen molar-refractivity contribution in [2.75, 3.05) is 11.9 Å². The highest BCUT2D eigenvalue weighted by Crippen LogP contribution is 2.44. The first-order chi connectivity index (χ1) is 15.2. The Hall–Kier alpha value is -2.58. The molecule has 2 aliphatic rings. The fourth-order valence-corrected chi connectivity index (χ4v) is 6.70. The zero-order chi connectivity index (χ0) is 22.3. The van der Waals surface area contributed by atoms with Gasteiger partial charge in [0.1, 0.15) is 15.9 Å². The standard InChI is InChI=1S/C24H27FN6S/c1-23-7-8-24(2,29-23)12-16(11-23)31(4)22-27-19-6-5-18(26-21(19)32-22)14-9-15-13-30(3)28-20(15)17(25)10-14/h5-6,9-10,13,16,29H,7-8,11-12H2,1-4H3/t16-,23-,24+. The highest BCUT2D eigenvalue weighted by Gasteiger charge is 2.49. The average molecular weight is 451 g/mol. The summed E-state index contributed by atoms with van der Waals surface area (Å²) in [7, 11) is 3.96. The highest BCUT2D eigenvalue weighted by atomic mass is 32.1. The predicted octanol–water partition coefficient (Wildman–Crippen LogP) is 4.88. The van der Waals surface area contributed by atoms with Crippen molar-refractivity contribution in [3.8, 4) is 11.3 Å². The largest absolute Gasteiger partial charge is 0.348 e. The van der Waals surface area contributed by atoms with Crippen LogP contribution in [-0.4, -0.2) is 43.9 Å². The van der Waals surface area contributed by atoms with E-state index < -0.39 is 0 Å². The summed E-state index contributed by atoms with van der Waals surface area (Å²) in [6, 6.07) is 7.83. The topological polar surface area (TPSA) is 58.9 Å². The molecule has 2 bridgehead atoms. The number of halogens is 1. The van der Waals surface area contributed by atoms with Crippen molar-refractivity contribution in [1.29, 1.82) is 0 Å². The molecule has 6 rings (SSSR count). The third-order valence-electron chi connectivity index (χ3n) is 7.27. The van der Waals surface area contributed by atoms with Gasteiger partial charge in [-0.3, -0.25) is 4.68 Å². The number of piperidine rings is 1. The first kappa shape index (κ1) is 20.1. The molecule has 1 aromatic carbocycles. The smallest absolute Gasteiger partial charge is 0.187 e. The molecule has 166 valence electrons. The summed E-state index contributed by atoms with van der Waals surface area (Å²) >= 11 is 1.61. The lowest BCUT2D eigenvalue weighted by Crippen LogP contribution is -2.58. The van der Waals surface area contributed by atoms with Gasteiger partial charge in [0.15, 0.2) is 10.9 Å². The van der Waals surface area contributed by atoms with Crippen LogP contribution >= 0.6 is 11.3 Å². The monoisotopic (exact) mass is 450 g/mol. The van der Waals surface area contributed by atoms with Crippen molar-refractivity contribution < 1.29 is 4.39 Å². The maximum absolute atomic E-state index is 14.6. The van der Waals surface area contributed by atoms with Gasteiger partial charge in [0.2, 0.25) is 0 Å². The Kier molecular flexibility index (Phi) is 4.21. The van der Waals surface area contributed by atoms with Crippen LogP contribution in [0.5, 0.6) is 0 Å². The molecule has 3 aromatic heterocycles. The summed E-state index contributed by atoms with van der Waals surface area (Å²) in [5.74, 6) is -0.327. The van der Waals surface area contributed by atoms with E-state index in [1.807, 2.05) is 24.4 Å². The Bertz CT molecular complexity index is 1340. The van der Waals surface area contributed by atoms with E-state index in [2.05, 4.69) is 36.2 Å². The third-order valence-corrected chi connectivity index (χ3v) is 8.33. The van der Waals surface area contributed by atoms with Crippen molar-refractivity contribution in [1.82, 2.24) is 25.1 Å². The molecule has 2 aliphatic heterocycles. The van der Waals surface area contributed by atoms with Crippen molar-refractivity contribution in [3.63, 3.8) is 0 Å². The van der Waals surface area contributed by atoms with E-state index in [9.17, 15) is 4.39 Å². The van der Waals surface area contributed by atoms with Gasteiger partial charge in [-0.05, 0) is 63.8 Å². The molecule has 0 aliphatic carbocycles. The summed E-state index contributed by atoms with van der Waals surface area (Å²) in [5, 5.41) is 9.82. The van der Waals surface area contributed by atoms with Crippen LogP contribution in [0.2, 0.25) is 0 Å². The van der Waals surface area contributed by atoms with E-state index in [0.29, 0.717) is 11.6 Å². The number of aryl methyl sites for hydroxylation is 1. The van der Waals surface area contributed by atoms with Gasteiger partial charge in [-0.25, -0.2) is 14.4 Å². The third kappa shape index (κ3) is 3.19. The second-order valence-electron chi connectivity index (χ2n) is 10.1. The van der Waals surface area contributed by atoms with Crippen LogP contribution in [0.15, 0.2) is 30.5 Å². The molecule has 0 saturated carbocycles. The van der Waals surface area contributed by atoms with Crippen molar-refractivity contribution in [3.05, 3.63) is 36.3 Å². The molecule has 0 unspecified atom stereocenters. The maximum Gasteiger partial charge on any atom is 0.187 e. The Balaban J connectivity index is 1.33. The lowest BCUT2D eigenvalue weighted by molar-refractivity contribution is 0.208. The number of fused-ring (bicyclic) bond motifs is 4. The summed E-state index contributed by atoms with van der Waals surface area (Å²) in [6.45, 7) is 4.70. The minimum Gasteiger partial charge on any atom is -0.348 e. The van der Waals surface area contributed by atoms with Gasteiger partial charge >= 0.3 is 0 Å². The Morgan fingerprint density at radius 2 is 1.91 bits per heavy atom. The van der Waals surface area contributed by atoms with Crippen LogP contribution < -0.4 is 10.2 Å². The van der Waals surface area contributed by atoms with Gasteiger partial charge in [-0.2, -0.15) is 5.10 Å². The molecule has 2 fully saturated rings. The van der Waals surface area contributed by atoms with E-state index in [1.54, 1.807) is 23.1 Å². The molecule has 0 amide bonds. The number of nitrogens with zero attached hydrogens (tertiary/aromatic N) is 5. The van der Waals surface area contributed by atoms with Crippen LogP contribution in [0.3, 0.4) is 0 Å². The molecule has 0 radical (unpaired) electrons. The zero-order valence-corrected chi connectivity index (χ0v) is 19.6. The Morgan fingerprint density at radius 3 is 2.66 bits per heavy atom. The lowest BCUT2D eigenvalue weighted by Gasteiger charge is -2.45. The number of hydrogen-bond acceptors (Lipinski definition) is 6. The first-order valence-electron chi connectivity index (χ1n) is 11.1. The van der Waals surface area contributed by atoms with E-state index in [0.717, 1.165) is 45.0 Å². The average Bonchev–Trinajstić information content (AvgIpc) is 3.39. The van der Waals surface area contributed by atoms with E-state index in [-0.39, 0.29) is 16.9 Å². The lowest BCUT2D eigenvalue weighted by atomic mass is 9.84. The Morgan fingerprint density at radius 1 is 1.16 bits per heavy atom. The van der Waals surface area contributed by atoms with E-state index >= 15 is 0 Å². The second-order valence-corrected chi connectivity index (χ2v) is 11.1. The molecule has 3 atom stereocenters. The van der Waals surface area contributed by atoms with E-state index in [4.69, 9.17) is 9.97 Å². The maximum atomic E-state index is 14.6. The van der Waals surface area contributed by atoms with Gasteiger partial charge < -0.3 is 10.2 Å². The van der Waals surface area contributed by atoms with Crippen LogP contribution in [0, 0.1) is 5.82 Å². The van der Waals surface area contributed by atoms with Crippen molar-refractivity contribution >= 4 is 37.7 Å². The van der Waals surface area contributed by atoms with Crippen molar-refractivity contribution in [2.24, 2.45) is 7.05 Å². The number of hydrogen-bond donors (Lipinski definition) is 1. The number of aromatic nitrogens is 4. The molecule has 4 aromatic rings. The summed E-state index contributed by atoms with van der Waals surface area (Å²) in [4.78, 5) is 12.9. The molecular weight excluding hydrogens is 423 g/mol. The summed E-state index contributed by atoms with van der Waals surface area (Å²) in [5.41, 5.74) is 3.20. The molecule has 32 heavy (non-hydrogen) atoms. The first-order valence-corrected chi connectivity index (χ1v) is 12.0. The van der Waals surface area contributed by atoms with Crippen LogP contribution in [0.25, 0.3) is 32.5 Å². The fraction of sp³-hybridized carbons (Fsp3) is 0.458. The molecule has 8 heteroatoms. The molecule has 0 spiro atoms. The number of nitrogens with one attached hydrogen (secondary N) is 1. The summed E-state index contributed by atoms with van der Waals surface area (Å²) in [6.07, 6.45) is 6.54. The molecule has 2 saturated heterocycles. The zero-order valence-electron chi connectivity index (χ0n) is 18.8. The number of pyridine rings is 1. The molecule has 6 nitrogen and oxygen atoms in total. The SMILES string of the molecule is CN(c1nc2ccc(-c3cc(F)c4nn(C)cc4c3)nc2s1)[C@H]1C[C@]2(C)CC[C@](C)(C1)N2. The number of rotatable bonds is 3. The highest BCUT2D eigenvalue weighted by molar-refractivity contribution is 7.21. The van der Waals surface area contributed by atoms with Gasteiger partial charge in [0.05, 0.1) is 5.69 Å². The van der Waals surface area contributed by atoms with Gasteiger partial charge in [0.25, 0.3) is 0 Å². The van der Waals surface area contributed by atoms with Gasteiger partial charge in [0, 0.05) is 48.4 Å². The minimum absolute atomic E-state index is 0.211. The van der Waals surface area contributed by atoms with E-state index in [1.165, 1.54) is 18.9 Å². The van der Waals surface area contributed by atoms with Crippen LogP contribution in [0.1, 0.15) is 39.5 Å². The quantitative estimate of drug-likeness (QED) is 0.482. The van der Waals surface area contributed by atoms with Crippen molar-refractivity contribution in [2.45, 2.75) is 56.7 Å². The Labute approximate surface area is 190 Å². The van der Waals surface area contributed by atoms with Gasteiger partial charge in [-0.1, -0.05) is 11.3 Å². The number of thiazole rings is 1. The molecular formula is C24H27FN6S. The predicted molar refractivity (Wildman–Crippen MR) is 128 cm³/mol. The normalized spacial score (nSPS) is 27.5. The van der Waals surface area contributed by atoms with Crippen LogP contribution in [0.4, 0.5) is 9.52 Å². The number of benzene rings is 1. The molecule has 5 heterocycles. The molecule has 1 N–H and O–H groups in total. The van der Waals surface area contributed by atoms with Gasteiger partial charge in [-0.15, -0.1) is 0 Å². The second kappa shape index (κ2) is 6.71. The minimum atomic E-state index is -0.327. The number of anilines is 1.